The maximum absolute atomic E-state index is 11.3. The summed E-state index contributed by atoms with van der Waals surface area (Å²) in [5.74, 6) is 0.614. The van der Waals surface area contributed by atoms with Crippen LogP contribution in [0.25, 0.3) is 0 Å². The van der Waals surface area contributed by atoms with E-state index in [1.807, 2.05) is 23.7 Å². The van der Waals surface area contributed by atoms with Crippen LogP contribution in [0.1, 0.15) is 32.4 Å². The molecule has 2 rings (SSSR count). The summed E-state index contributed by atoms with van der Waals surface area (Å²) in [4.78, 5) is 16.8. The summed E-state index contributed by atoms with van der Waals surface area (Å²) in [6, 6.07) is 5.41. The second-order valence-electron chi connectivity index (χ2n) is 5.23. The summed E-state index contributed by atoms with van der Waals surface area (Å²) in [5.41, 5.74) is 0.923. The molecule has 0 radical (unpaired) electrons. The summed E-state index contributed by atoms with van der Waals surface area (Å²) >= 11 is 13.6. The largest absolute Gasteiger partial charge is 0.308 e. The normalized spacial score (nSPS) is 11.0. The van der Waals surface area contributed by atoms with Crippen LogP contribution in [0.15, 0.2) is 28.1 Å². The molecule has 0 atom stereocenters. The first-order valence-corrected chi connectivity index (χ1v) is 8.33. The molecule has 2 aromatic rings. The first-order valence-electron chi connectivity index (χ1n) is 6.76. The van der Waals surface area contributed by atoms with Crippen molar-refractivity contribution in [1.29, 1.82) is 0 Å². The van der Waals surface area contributed by atoms with Gasteiger partial charge >= 0.3 is 0 Å². The van der Waals surface area contributed by atoms with E-state index in [-0.39, 0.29) is 11.8 Å². The zero-order valence-electron chi connectivity index (χ0n) is 12.8. The number of aromatic nitrogens is 2. The molecule has 0 bridgehead atoms. The third kappa shape index (κ3) is 3.97. The van der Waals surface area contributed by atoms with Crippen molar-refractivity contribution in [1.82, 2.24) is 9.55 Å². The number of anilines is 1. The smallest absolute Gasteiger partial charge is 0.223 e. The second-order valence-corrected chi connectivity index (χ2v) is 7.16. The number of benzene rings is 1. The average molecular weight is 358 g/mol. The molecule has 118 valence electrons. The molecule has 0 aliphatic carbocycles. The molecule has 4 nitrogen and oxygen atoms in total. The molecule has 0 saturated carbocycles. The number of nitrogens with zero attached hydrogens (tertiary/aromatic N) is 2. The van der Waals surface area contributed by atoms with Crippen LogP contribution in [-0.2, 0) is 11.8 Å². The lowest BCUT2D eigenvalue weighted by Crippen LogP contribution is -2.10. The fourth-order valence-corrected chi connectivity index (χ4v) is 3.83. The minimum atomic E-state index is -0.147. The van der Waals surface area contributed by atoms with E-state index in [1.165, 1.54) is 18.7 Å². The van der Waals surface area contributed by atoms with Crippen LogP contribution in [0, 0.1) is 0 Å². The van der Waals surface area contributed by atoms with Gasteiger partial charge in [-0.05, 0) is 24.1 Å². The summed E-state index contributed by atoms with van der Waals surface area (Å²) in [7, 11) is 1.87. The van der Waals surface area contributed by atoms with E-state index >= 15 is 0 Å². The lowest BCUT2D eigenvalue weighted by molar-refractivity contribution is -0.114. The van der Waals surface area contributed by atoms with Gasteiger partial charge < -0.3 is 4.57 Å². The van der Waals surface area contributed by atoms with Gasteiger partial charge in [-0.2, -0.15) is 0 Å². The fourth-order valence-electron chi connectivity index (χ4n) is 1.97. The van der Waals surface area contributed by atoms with Crippen molar-refractivity contribution in [3.05, 3.63) is 33.9 Å². The molecule has 1 heterocycles. The van der Waals surface area contributed by atoms with Crippen molar-refractivity contribution < 1.29 is 4.79 Å². The Labute approximate surface area is 144 Å². The van der Waals surface area contributed by atoms with Crippen LogP contribution in [0.2, 0.25) is 10.0 Å². The molecule has 0 spiro atoms. The lowest BCUT2D eigenvalue weighted by atomic mass is 10.2. The van der Waals surface area contributed by atoms with Crippen molar-refractivity contribution in [3.63, 3.8) is 0 Å². The predicted molar refractivity (Wildman–Crippen MR) is 92.2 cm³/mol. The van der Waals surface area contributed by atoms with Crippen LogP contribution in [-0.4, -0.2) is 15.5 Å². The summed E-state index contributed by atoms with van der Waals surface area (Å²) in [6.45, 7) is 5.59. The van der Waals surface area contributed by atoms with Gasteiger partial charge in [-0.25, -0.2) is 4.98 Å². The number of hydrogen-bond acceptors (Lipinski definition) is 3. The molecule has 1 N–H and O–H groups in total. The Morgan fingerprint density at radius 2 is 1.86 bits per heavy atom. The summed E-state index contributed by atoms with van der Waals surface area (Å²) < 4.78 is 1.87. The van der Waals surface area contributed by atoms with Crippen molar-refractivity contribution in [2.24, 2.45) is 7.05 Å². The molecule has 22 heavy (non-hydrogen) atoms. The van der Waals surface area contributed by atoms with Crippen LogP contribution in [0.4, 0.5) is 5.95 Å². The number of rotatable bonds is 4. The van der Waals surface area contributed by atoms with E-state index in [1.54, 1.807) is 6.07 Å². The van der Waals surface area contributed by atoms with E-state index in [2.05, 4.69) is 24.1 Å². The van der Waals surface area contributed by atoms with Gasteiger partial charge in [0.1, 0.15) is 5.03 Å². The number of hydrogen-bond donors (Lipinski definition) is 1. The van der Waals surface area contributed by atoms with E-state index in [4.69, 9.17) is 23.2 Å². The molecule has 0 saturated heterocycles. The first-order chi connectivity index (χ1) is 10.3. The molecular weight excluding hydrogens is 341 g/mol. The maximum atomic E-state index is 11.3. The van der Waals surface area contributed by atoms with Crippen LogP contribution >= 0.6 is 35.0 Å². The lowest BCUT2D eigenvalue weighted by Gasteiger charge is -2.09. The first kappa shape index (κ1) is 17.2. The third-order valence-corrected chi connectivity index (χ3v) is 4.54. The molecule has 7 heteroatoms. The Balaban J connectivity index is 2.44. The number of halogens is 2. The Morgan fingerprint density at radius 3 is 2.36 bits per heavy atom. The molecule has 0 aliphatic rings. The number of carbonyl (C=O) groups is 1. The summed E-state index contributed by atoms with van der Waals surface area (Å²) in [5, 5.41) is 4.88. The highest BCUT2D eigenvalue weighted by molar-refractivity contribution is 7.99. The molecule has 0 aliphatic heterocycles. The van der Waals surface area contributed by atoms with Crippen molar-refractivity contribution in [2.45, 2.75) is 36.6 Å². The Hall–Kier alpha value is -1.17. The minimum absolute atomic E-state index is 0.147. The monoisotopic (exact) mass is 357 g/mol. The third-order valence-electron chi connectivity index (χ3n) is 2.95. The average Bonchev–Trinajstić information content (AvgIpc) is 2.66. The zero-order chi connectivity index (χ0) is 16.4. The quantitative estimate of drug-likeness (QED) is 0.840. The van der Waals surface area contributed by atoms with Gasteiger partial charge in [0.25, 0.3) is 0 Å². The van der Waals surface area contributed by atoms with Crippen molar-refractivity contribution >= 4 is 46.8 Å². The highest BCUT2D eigenvalue weighted by Crippen LogP contribution is 2.37. The number of nitrogens with one attached hydrogen (secondary N) is 1. The van der Waals surface area contributed by atoms with Gasteiger partial charge in [0.05, 0.1) is 5.69 Å². The Bertz CT molecular complexity index is 693. The van der Waals surface area contributed by atoms with E-state index in [9.17, 15) is 4.79 Å². The van der Waals surface area contributed by atoms with Crippen LogP contribution < -0.4 is 5.32 Å². The van der Waals surface area contributed by atoms with Crippen LogP contribution in [0.3, 0.4) is 0 Å². The highest BCUT2D eigenvalue weighted by atomic mass is 35.5. The molecule has 1 aromatic heterocycles. The highest BCUT2D eigenvalue weighted by Gasteiger charge is 2.19. The zero-order valence-corrected chi connectivity index (χ0v) is 15.1. The number of carbonyl (C=O) groups excluding carboxylic acids is 1. The van der Waals surface area contributed by atoms with Crippen molar-refractivity contribution in [3.8, 4) is 0 Å². The summed E-state index contributed by atoms with van der Waals surface area (Å²) in [6.07, 6.45) is 0. The Kier molecular flexibility index (Phi) is 5.42. The van der Waals surface area contributed by atoms with Gasteiger partial charge in [-0.1, -0.05) is 48.8 Å². The van der Waals surface area contributed by atoms with Gasteiger partial charge in [0.2, 0.25) is 11.9 Å². The number of imidazole rings is 1. The number of amides is 1. The standard InChI is InChI=1S/C15H17Cl2N3OS/c1-8(2)13-14(20(4)15(19-13)18-9(3)21)22-12-6-10(16)5-11(17)7-12/h5-8H,1-4H3,(H,18,19,21). The van der Waals surface area contributed by atoms with Gasteiger partial charge in [-0.3, -0.25) is 10.1 Å². The maximum Gasteiger partial charge on any atom is 0.223 e. The fraction of sp³-hybridized carbons (Fsp3) is 0.333. The van der Waals surface area contributed by atoms with Crippen LogP contribution in [0.5, 0.6) is 0 Å². The van der Waals surface area contributed by atoms with E-state index < -0.39 is 0 Å². The SMILES string of the molecule is CC(=O)Nc1nc(C(C)C)c(Sc2cc(Cl)cc(Cl)c2)n1C. The van der Waals surface area contributed by atoms with E-state index in [0.717, 1.165) is 15.6 Å². The van der Waals surface area contributed by atoms with Gasteiger partial charge in [-0.15, -0.1) is 0 Å². The molecule has 1 amide bonds. The molecule has 0 unspecified atom stereocenters. The van der Waals surface area contributed by atoms with Gasteiger partial charge in [0, 0.05) is 28.9 Å². The molecule has 0 fully saturated rings. The predicted octanol–water partition coefficient (Wildman–Crippen LogP) is 4.96. The molecular formula is C15H17Cl2N3OS. The minimum Gasteiger partial charge on any atom is -0.308 e. The van der Waals surface area contributed by atoms with E-state index in [0.29, 0.717) is 16.0 Å². The topological polar surface area (TPSA) is 46.9 Å². The molecule has 1 aromatic carbocycles. The second kappa shape index (κ2) is 6.94. The Morgan fingerprint density at radius 1 is 1.27 bits per heavy atom. The van der Waals surface area contributed by atoms with Crippen molar-refractivity contribution in [2.75, 3.05) is 5.32 Å². The van der Waals surface area contributed by atoms with Gasteiger partial charge in [0.15, 0.2) is 0 Å².